The summed E-state index contributed by atoms with van der Waals surface area (Å²) < 4.78 is 7.72. The van der Waals surface area contributed by atoms with Crippen molar-refractivity contribution < 1.29 is 9.53 Å². The molecule has 158 valence electrons. The molecule has 0 atom stereocenters. The number of carbonyl (C=O) groups is 1. The summed E-state index contributed by atoms with van der Waals surface area (Å²) in [6.07, 6.45) is 0. The largest absolute Gasteiger partial charge is 0.491 e. The van der Waals surface area contributed by atoms with Gasteiger partial charge in [-0.05, 0) is 62.2 Å². The van der Waals surface area contributed by atoms with E-state index in [1.807, 2.05) is 43.9 Å². The Morgan fingerprint density at radius 2 is 1.94 bits per heavy atom. The van der Waals surface area contributed by atoms with E-state index in [4.69, 9.17) is 4.74 Å². The van der Waals surface area contributed by atoms with E-state index in [0.29, 0.717) is 31.9 Å². The van der Waals surface area contributed by atoms with Gasteiger partial charge in [-0.1, -0.05) is 12.1 Å². The minimum Gasteiger partial charge on any atom is -0.491 e. The molecule has 31 heavy (non-hydrogen) atoms. The maximum atomic E-state index is 13.3. The Bertz CT molecular complexity index is 1290. The van der Waals surface area contributed by atoms with E-state index in [-0.39, 0.29) is 5.91 Å². The van der Waals surface area contributed by atoms with Crippen molar-refractivity contribution in [1.29, 1.82) is 0 Å². The predicted molar refractivity (Wildman–Crippen MR) is 119 cm³/mol. The highest BCUT2D eigenvalue weighted by Gasteiger charge is 2.24. The molecule has 0 saturated heterocycles. The van der Waals surface area contributed by atoms with Gasteiger partial charge in [-0.2, -0.15) is 5.10 Å². The highest BCUT2D eigenvalue weighted by atomic mass is 16.5. The van der Waals surface area contributed by atoms with Gasteiger partial charge < -0.3 is 14.6 Å². The van der Waals surface area contributed by atoms with Gasteiger partial charge in [-0.25, -0.2) is 4.98 Å². The summed E-state index contributed by atoms with van der Waals surface area (Å²) in [5, 5.41) is 4.42. The summed E-state index contributed by atoms with van der Waals surface area (Å²) in [6, 6.07) is 14.3. The molecule has 1 amide bonds. The number of hydrogen-bond acceptors (Lipinski definition) is 4. The minimum absolute atomic E-state index is 0.0151. The number of aromatic nitrogens is 4. The number of amides is 1. The van der Waals surface area contributed by atoms with Crippen molar-refractivity contribution in [2.24, 2.45) is 0 Å². The molecule has 1 N–H and O–H groups in total. The Morgan fingerprint density at radius 3 is 2.77 bits per heavy atom. The molecule has 0 bridgehead atoms. The van der Waals surface area contributed by atoms with Gasteiger partial charge in [0.2, 0.25) is 0 Å². The molecule has 1 aliphatic rings. The van der Waals surface area contributed by atoms with E-state index in [1.165, 1.54) is 0 Å². The third-order valence-electron chi connectivity index (χ3n) is 5.68. The number of aromatic amines is 1. The fraction of sp³-hybridized carbons (Fsp3) is 0.292. The topological polar surface area (TPSA) is 76.0 Å². The van der Waals surface area contributed by atoms with Crippen LogP contribution in [0.5, 0.6) is 5.75 Å². The first-order chi connectivity index (χ1) is 15.0. The van der Waals surface area contributed by atoms with Crippen LogP contribution in [0.1, 0.15) is 34.5 Å². The predicted octanol–water partition coefficient (Wildman–Crippen LogP) is 4.10. The molecule has 2 aromatic carbocycles. The third kappa shape index (κ3) is 3.56. The standard InChI is InChI=1S/C24H25N5O2/c1-4-29-22(11-15(2)27-29)24(30)28-9-10-31-23-8-6-17(12-19(23)14-28)18-5-7-20-21(13-18)26-16(3)25-20/h5-8,11-13H,4,9-10,14H2,1-3H3,(H,25,26). The second kappa shape index (κ2) is 7.58. The Balaban J connectivity index is 1.47. The lowest BCUT2D eigenvalue weighted by molar-refractivity contribution is 0.0720. The Kier molecular flexibility index (Phi) is 4.73. The summed E-state index contributed by atoms with van der Waals surface area (Å²) in [5.41, 5.74) is 6.63. The molecule has 2 aromatic heterocycles. The molecule has 0 radical (unpaired) electrons. The molecule has 0 fully saturated rings. The van der Waals surface area contributed by atoms with Gasteiger partial charge in [0, 0.05) is 18.7 Å². The van der Waals surface area contributed by atoms with Gasteiger partial charge >= 0.3 is 0 Å². The zero-order valence-corrected chi connectivity index (χ0v) is 18.0. The summed E-state index contributed by atoms with van der Waals surface area (Å²) in [7, 11) is 0. The number of benzene rings is 2. The molecular formula is C24H25N5O2. The summed E-state index contributed by atoms with van der Waals surface area (Å²) in [4.78, 5) is 22.9. The van der Waals surface area contributed by atoms with E-state index >= 15 is 0 Å². The van der Waals surface area contributed by atoms with Crippen LogP contribution < -0.4 is 4.74 Å². The summed E-state index contributed by atoms with van der Waals surface area (Å²) in [5.74, 6) is 1.72. The van der Waals surface area contributed by atoms with E-state index in [9.17, 15) is 4.79 Å². The van der Waals surface area contributed by atoms with Crippen molar-refractivity contribution in [1.82, 2.24) is 24.6 Å². The molecule has 0 spiro atoms. The third-order valence-corrected chi connectivity index (χ3v) is 5.68. The number of ether oxygens (including phenoxy) is 1. The molecule has 1 aliphatic heterocycles. The second-order valence-electron chi connectivity index (χ2n) is 7.94. The van der Waals surface area contributed by atoms with E-state index < -0.39 is 0 Å². The summed E-state index contributed by atoms with van der Waals surface area (Å²) >= 11 is 0. The van der Waals surface area contributed by atoms with Crippen LogP contribution in [-0.4, -0.2) is 43.7 Å². The number of aryl methyl sites for hydroxylation is 3. The Hall–Kier alpha value is -3.61. The van der Waals surface area contributed by atoms with Crippen LogP contribution in [-0.2, 0) is 13.1 Å². The SMILES string of the molecule is CCn1nc(C)cc1C(=O)N1CCOc2ccc(-c3ccc4nc(C)[nH]c4c3)cc2C1. The zero-order valence-electron chi connectivity index (χ0n) is 18.0. The fourth-order valence-electron chi connectivity index (χ4n) is 4.18. The van der Waals surface area contributed by atoms with E-state index in [2.05, 4.69) is 39.3 Å². The number of carbonyl (C=O) groups excluding carboxylic acids is 1. The molecule has 0 aliphatic carbocycles. The monoisotopic (exact) mass is 415 g/mol. The quantitative estimate of drug-likeness (QED) is 0.547. The fourth-order valence-corrected chi connectivity index (χ4v) is 4.18. The normalized spacial score (nSPS) is 13.7. The van der Waals surface area contributed by atoms with Gasteiger partial charge in [0.1, 0.15) is 23.9 Å². The van der Waals surface area contributed by atoms with Gasteiger partial charge in [-0.3, -0.25) is 9.48 Å². The lowest BCUT2D eigenvalue weighted by Gasteiger charge is -2.20. The molecule has 7 heteroatoms. The molecule has 7 nitrogen and oxygen atoms in total. The first-order valence-electron chi connectivity index (χ1n) is 10.6. The number of imidazole rings is 1. The van der Waals surface area contributed by atoms with Crippen LogP contribution >= 0.6 is 0 Å². The van der Waals surface area contributed by atoms with E-state index in [1.54, 1.807) is 4.68 Å². The highest BCUT2D eigenvalue weighted by Crippen LogP contribution is 2.31. The van der Waals surface area contributed by atoms with Crippen LogP contribution in [0.4, 0.5) is 0 Å². The van der Waals surface area contributed by atoms with Crippen LogP contribution in [0, 0.1) is 13.8 Å². The number of H-pyrrole nitrogens is 1. The van der Waals surface area contributed by atoms with Crippen LogP contribution in [0.25, 0.3) is 22.2 Å². The lowest BCUT2D eigenvalue weighted by Crippen LogP contribution is -2.34. The van der Waals surface area contributed by atoms with Gasteiger partial charge in [0.05, 0.1) is 23.3 Å². The first-order valence-corrected chi connectivity index (χ1v) is 10.6. The van der Waals surface area contributed by atoms with Crippen molar-refractivity contribution in [3.05, 3.63) is 65.2 Å². The average molecular weight is 415 g/mol. The lowest BCUT2D eigenvalue weighted by atomic mass is 10.0. The molecule has 4 aromatic rings. The summed E-state index contributed by atoms with van der Waals surface area (Å²) in [6.45, 7) is 8.03. The average Bonchev–Trinajstić information content (AvgIpc) is 3.25. The van der Waals surface area contributed by atoms with Crippen LogP contribution in [0.15, 0.2) is 42.5 Å². The number of nitrogens with zero attached hydrogens (tertiary/aromatic N) is 4. The zero-order chi connectivity index (χ0) is 21.5. The number of hydrogen-bond donors (Lipinski definition) is 1. The second-order valence-corrected chi connectivity index (χ2v) is 7.94. The minimum atomic E-state index is -0.0151. The van der Waals surface area contributed by atoms with Gasteiger partial charge in [0.25, 0.3) is 5.91 Å². The molecule has 0 saturated carbocycles. The molecular weight excluding hydrogens is 390 g/mol. The molecule has 5 rings (SSSR count). The number of rotatable bonds is 3. The first kappa shape index (κ1) is 19.4. The number of fused-ring (bicyclic) bond motifs is 2. The van der Waals surface area contributed by atoms with Crippen molar-refractivity contribution in [2.45, 2.75) is 33.9 Å². The highest BCUT2D eigenvalue weighted by molar-refractivity contribution is 5.93. The number of nitrogens with one attached hydrogen (secondary N) is 1. The van der Waals surface area contributed by atoms with Crippen LogP contribution in [0.2, 0.25) is 0 Å². The molecule has 3 heterocycles. The van der Waals surface area contributed by atoms with Gasteiger partial charge in [0.15, 0.2) is 0 Å². The van der Waals surface area contributed by atoms with Crippen molar-refractivity contribution in [2.75, 3.05) is 13.2 Å². The smallest absolute Gasteiger partial charge is 0.272 e. The molecule has 0 unspecified atom stereocenters. The van der Waals surface area contributed by atoms with Crippen molar-refractivity contribution in [3.8, 4) is 16.9 Å². The van der Waals surface area contributed by atoms with Crippen molar-refractivity contribution in [3.63, 3.8) is 0 Å². The van der Waals surface area contributed by atoms with Gasteiger partial charge in [-0.15, -0.1) is 0 Å². The van der Waals surface area contributed by atoms with E-state index in [0.717, 1.165) is 45.0 Å². The van der Waals surface area contributed by atoms with Crippen LogP contribution in [0.3, 0.4) is 0 Å². The Labute approximate surface area is 180 Å². The maximum absolute atomic E-state index is 13.3. The maximum Gasteiger partial charge on any atom is 0.272 e. The Morgan fingerprint density at radius 1 is 1.13 bits per heavy atom. The van der Waals surface area contributed by atoms with Crippen molar-refractivity contribution >= 4 is 16.9 Å².